The molecule has 174 valence electrons. The summed E-state index contributed by atoms with van der Waals surface area (Å²) in [5.74, 6) is 0.233. The van der Waals surface area contributed by atoms with E-state index in [1.807, 2.05) is 29.9 Å². The van der Waals surface area contributed by atoms with E-state index in [2.05, 4.69) is 10.3 Å². The molecule has 0 bridgehead atoms. The number of aryl methyl sites for hydroxylation is 1. The molecule has 2 N–H and O–H groups in total. The Labute approximate surface area is 193 Å². The Morgan fingerprint density at radius 2 is 2.03 bits per heavy atom. The highest BCUT2D eigenvalue weighted by Gasteiger charge is 2.24. The van der Waals surface area contributed by atoms with E-state index < -0.39 is 5.60 Å². The van der Waals surface area contributed by atoms with E-state index in [9.17, 15) is 14.7 Å². The van der Waals surface area contributed by atoms with Crippen molar-refractivity contribution in [3.05, 3.63) is 47.9 Å². The van der Waals surface area contributed by atoms with Crippen LogP contribution in [0.4, 0.5) is 5.69 Å². The molecule has 4 rings (SSSR count). The fraction of sp³-hybridized carbons (Fsp3) is 0.440. The number of aldehydes is 1. The van der Waals surface area contributed by atoms with Crippen molar-refractivity contribution in [1.29, 1.82) is 0 Å². The quantitative estimate of drug-likeness (QED) is 0.526. The summed E-state index contributed by atoms with van der Waals surface area (Å²) in [6.07, 6.45) is 6.58. The van der Waals surface area contributed by atoms with E-state index in [0.717, 1.165) is 48.6 Å². The van der Waals surface area contributed by atoms with Crippen molar-refractivity contribution in [3.63, 3.8) is 0 Å². The van der Waals surface area contributed by atoms with Gasteiger partial charge in [0.2, 0.25) is 0 Å². The van der Waals surface area contributed by atoms with Crippen LogP contribution in [0.3, 0.4) is 0 Å². The number of fused-ring (bicyclic) bond motifs is 1. The molecule has 1 amide bonds. The monoisotopic (exact) mass is 450 g/mol. The fourth-order valence-corrected chi connectivity index (χ4v) is 4.09. The van der Waals surface area contributed by atoms with Gasteiger partial charge in [-0.3, -0.25) is 9.48 Å². The van der Waals surface area contributed by atoms with Crippen LogP contribution in [0.25, 0.3) is 10.9 Å². The van der Waals surface area contributed by atoms with Crippen molar-refractivity contribution in [1.82, 2.24) is 14.8 Å². The average Bonchev–Trinajstić information content (AvgIpc) is 3.20. The molecule has 0 aliphatic heterocycles. The van der Waals surface area contributed by atoms with Gasteiger partial charge in [-0.2, -0.15) is 5.10 Å². The van der Waals surface area contributed by atoms with E-state index in [0.29, 0.717) is 17.1 Å². The lowest BCUT2D eigenvalue weighted by molar-refractivity contribution is -0.112. The van der Waals surface area contributed by atoms with E-state index in [1.165, 1.54) is 0 Å². The van der Waals surface area contributed by atoms with Crippen LogP contribution >= 0.6 is 0 Å². The van der Waals surface area contributed by atoms with Gasteiger partial charge >= 0.3 is 0 Å². The molecule has 1 aromatic carbocycles. The Hall–Kier alpha value is -3.26. The zero-order chi connectivity index (χ0) is 23.6. The van der Waals surface area contributed by atoms with Crippen molar-refractivity contribution in [2.75, 3.05) is 11.9 Å². The smallest absolute Gasteiger partial charge is 0.274 e. The Balaban J connectivity index is 1.64. The summed E-state index contributed by atoms with van der Waals surface area (Å²) in [7, 11) is 0. The number of hydrogen-bond donors (Lipinski definition) is 2. The van der Waals surface area contributed by atoms with Gasteiger partial charge in [-0.1, -0.05) is 6.07 Å². The number of anilines is 1. The SMILES string of the molecule is Cc1cccc(C(=O)Nc2cc3cn([C@H]4CC[C@H](C=O)CC4)nc3cc2OCC(C)(C)O)n1. The Bertz CT molecular complexity index is 1160. The number of ether oxygens (including phenoxy) is 1. The van der Waals surface area contributed by atoms with Gasteiger partial charge in [0.1, 0.15) is 24.3 Å². The molecule has 0 radical (unpaired) electrons. The van der Waals surface area contributed by atoms with Crippen LogP contribution < -0.4 is 10.1 Å². The van der Waals surface area contributed by atoms with Gasteiger partial charge in [0.25, 0.3) is 5.91 Å². The molecule has 3 aromatic rings. The van der Waals surface area contributed by atoms with Gasteiger partial charge in [0.15, 0.2) is 0 Å². The molecule has 8 heteroatoms. The summed E-state index contributed by atoms with van der Waals surface area (Å²) in [4.78, 5) is 28.2. The zero-order valence-corrected chi connectivity index (χ0v) is 19.2. The second-order valence-corrected chi connectivity index (χ2v) is 9.44. The molecule has 1 aliphatic carbocycles. The lowest BCUT2D eigenvalue weighted by Gasteiger charge is -2.25. The Morgan fingerprint density at radius 1 is 1.27 bits per heavy atom. The van der Waals surface area contributed by atoms with Gasteiger partial charge in [-0.15, -0.1) is 0 Å². The summed E-state index contributed by atoms with van der Waals surface area (Å²) in [6.45, 7) is 5.20. The second-order valence-electron chi connectivity index (χ2n) is 9.44. The van der Waals surface area contributed by atoms with Crippen molar-refractivity contribution in [2.45, 2.75) is 58.1 Å². The molecule has 1 aliphatic rings. The van der Waals surface area contributed by atoms with Crippen LogP contribution in [0.15, 0.2) is 36.5 Å². The highest BCUT2D eigenvalue weighted by atomic mass is 16.5. The molecule has 0 atom stereocenters. The summed E-state index contributed by atoms with van der Waals surface area (Å²) < 4.78 is 7.84. The maximum absolute atomic E-state index is 12.8. The number of rotatable bonds is 7. The number of aliphatic hydroxyl groups is 1. The number of nitrogens with zero attached hydrogens (tertiary/aromatic N) is 3. The van der Waals surface area contributed by atoms with E-state index in [1.54, 1.807) is 32.0 Å². The first-order valence-electron chi connectivity index (χ1n) is 11.3. The van der Waals surface area contributed by atoms with Crippen LogP contribution in [-0.4, -0.2) is 44.3 Å². The lowest BCUT2D eigenvalue weighted by atomic mass is 9.87. The number of nitrogens with one attached hydrogen (secondary N) is 1. The summed E-state index contributed by atoms with van der Waals surface area (Å²) >= 11 is 0. The number of carbonyl (C=O) groups excluding carboxylic acids is 2. The third kappa shape index (κ3) is 5.57. The molecule has 0 spiro atoms. The first-order chi connectivity index (χ1) is 15.7. The minimum Gasteiger partial charge on any atom is -0.488 e. The van der Waals surface area contributed by atoms with E-state index >= 15 is 0 Å². The molecule has 1 fully saturated rings. The number of aromatic nitrogens is 3. The molecular weight excluding hydrogens is 420 g/mol. The highest BCUT2D eigenvalue weighted by molar-refractivity contribution is 6.05. The molecule has 0 saturated heterocycles. The van der Waals surface area contributed by atoms with Crippen LogP contribution in [0.5, 0.6) is 5.75 Å². The number of carbonyl (C=O) groups is 2. The first kappa shape index (κ1) is 22.9. The van der Waals surface area contributed by atoms with Gasteiger partial charge in [-0.05, 0) is 64.7 Å². The van der Waals surface area contributed by atoms with Gasteiger partial charge in [0, 0.05) is 29.3 Å². The largest absolute Gasteiger partial charge is 0.488 e. The standard InChI is InChI=1S/C25H30N4O4/c1-16-5-4-6-20(26-16)24(31)27-22-11-18-13-29(19-9-7-17(14-30)8-10-19)28-21(18)12-23(22)33-15-25(2,3)32/h4-6,11-14,17,19,32H,7-10,15H2,1-3H3,(H,27,31)/t17-,19-. The average molecular weight is 451 g/mol. The topological polar surface area (TPSA) is 106 Å². The Kier molecular flexibility index (Phi) is 6.47. The molecule has 33 heavy (non-hydrogen) atoms. The maximum atomic E-state index is 12.8. The molecule has 2 heterocycles. The summed E-state index contributed by atoms with van der Waals surface area (Å²) in [5, 5.41) is 18.6. The minimum absolute atomic E-state index is 0.0560. The van der Waals surface area contributed by atoms with Gasteiger partial charge in [0.05, 0.1) is 22.8 Å². The molecule has 1 saturated carbocycles. The van der Waals surface area contributed by atoms with Crippen LogP contribution in [0, 0.1) is 12.8 Å². The Morgan fingerprint density at radius 3 is 2.70 bits per heavy atom. The third-order valence-electron chi connectivity index (χ3n) is 5.88. The normalized spacial score (nSPS) is 18.8. The van der Waals surface area contributed by atoms with E-state index in [-0.39, 0.29) is 24.5 Å². The number of pyridine rings is 1. The van der Waals surface area contributed by atoms with Crippen LogP contribution in [0.2, 0.25) is 0 Å². The van der Waals surface area contributed by atoms with E-state index in [4.69, 9.17) is 9.84 Å². The molecular formula is C25H30N4O4. The molecule has 2 aromatic heterocycles. The lowest BCUT2D eigenvalue weighted by Crippen LogP contribution is -2.28. The summed E-state index contributed by atoms with van der Waals surface area (Å²) in [6, 6.07) is 9.14. The maximum Gasteiger partial charge on any atom is 0.274 e. The zero-order valence-electron chi connectivity index (χ0n) is 19.2. The van der Waals surface area contributed by atoms with Crippen LogP contribution in [-0.2, 0) is 4.79 Å². The predicted octanol–water partition coefficient (Wildman–Crippen LogP) is 4.07. The van der Waals surface area contributed by atoms with Gasteiger partial charge in [-0.25, -0.2) is 4.98 Å². The highest BCUT2D eigenvalue weighted by Crippen LogP contribution is 2.35. The van der Waals surface area contributed by atoms with Crippen molar-refractivity contribution >= 4 is 28.8 Å². The predicted molar refractivity (Wildman–Crippen MR) is 126 cm³/mol. The van der Waals surface area contributed by atoms with Gasteiger partial charge < -0.3 is 20.0 Å². The number of amides is 1. The van der Waals surface area contributed by atoms with Crippen molar-refractivity contribution in [2.24, 2.45) is 5.92 Å². The second kappa shape index (κ2) is 9.31. The third-order valence-corrected chi connectivity index (χ3v) is 5.88. The number of hydrogen-bond acceptors (Lipinski definition) is 6. The fourth-order valence-electron chi connectivity index (χ4n) is 4.09. The van der Waals surface area contributed by atoms with Crippen LogP contribution in [0.1, 0.15) is 61.8 Å². The minimum atomic E-state index is -1.04. The summed E-state index contributed by atoms with van der Waals surface area (Å²) in [5.41, 5.74) is 1.26. The first-order valence-corrected chi connectivity index (χ1v) is 11.3. The van der Waals surface area contributed by atoms with Crippen molar-refractivity contribution < 1.29 is 19.4 Å². The van der Waals surface area contributed by atoms with Crippen molar-refractivity contribution in [3.8, 4) is 5.75 Å². The number of benzene rings is 1. The molecule has 8 nitrogen and oxygen atoms in total. The molecule has 0 unspecified atom stereocenters.